The van der Waals surface area contributed by atoms with Crippen LogP contribution in [0, 0.1) is 12.1 Å². The molecular formula is C24H16FN5S. The van der Waals surface area contributed by atoms with Crippen LogP contribution in [0.1, 0.15) is 5.56 Å². The number of hydrogen-bond donors (Lipinski definition) is 2. The van der Waals surface area contributed by atoms with E-state index in [1.807, 2.05) is 55.6 Å². The number of aryl methyl sites for hydroxylation is 1. The highest BCUT2D eigenvalue weighted by Gasteiger charge is 2.16. The van der Waals surface area contributed by atoms with E-state index in [0.29, 0.717) is 0 Å². The highest BCUT2D eigenvalue weighted by molar-refractivity contribution is 7.14. The zero-order valence-corrected chi connectivity index (χ0v) is 17.3. The van der Waals surface area contributed by atoms with E-state index in [1.165, 1.54) is 6.07 Å². The van der Waals surface area contributed by atoms with Gasteiger partial charge in [-0.1, -0.05) is 12.1 Å². The van der Waals surface area contributed by atoms with E-state index in [9.17, 15) is 4.39 Å². The van der Waals surface area contributed by atoms with Crippen molar-refractivity contribution in [1.29, 1.82) is 0 Å². The van der Waals surface area contributed by atoms with E-state index in [1.54, 1.807) is 6.20 Å². The van der Waals surface area contributed by atoms with Gasteiger partial charge in [0, 0.05) is 39.3 Å². The quantitative estimate of drug-likeness (QED) is 0.347. The summed E-state index contributed by atoms with van der Waals surface area (Å²) in [6, 6.07) is 17.3. The molecular weight excluding hydrogens is 409 g/mol. The van der Waals surface area contributed by atoms with Gasteiger partial charge in [-0.3, -0.25) is 10.1 Å². The number of halogens is 1. The zero-order chi connectivity index (χ0) is 20.9. The molecule has 5 aromatic heterocycles. The molecule has 0 radical (unpaired) electrons. The Bertz CT molecular complexity index is 1580. The Morgan fingerprint density at radius 1 is 0.968 bits per heavy atom. The lowest BCUT2D eigenvalue weighted by Crippen LogP contribution is -1.89. The predicted octanol–water partition coefficient (Wildman–Crippen LogP) is 6.34. The van der Waals surface area contributed by atoms with E-state index >= 15 is 0 Å². The molecule has 0 aliphatic carbocycles. The third-order valence-corrected chi connectivity index (χ3v) is 6.39. The SMILES string of the molecule is Cc1ccncc1-c1ccc2[nH]nc(-c3cc4c(-c5ccc(F)s5)cccc4[nH]3)c2n1. The lowest BCUT2D eigenvalue weighted by molar-refractivity contribution is 0.657. The van der Waals surface area contributed by atoms with Crippen molar-refractivity contribution in [3.05, 3.63) is 77.7 Å². The van der Waals surface area contributed by atoms with Crippen molar-refractivity contribution in [2.45, 2.75) is 6.92 Å². The van der Waals surface area contributed by atoms with Crippen LogP contribution in [0.4, 0.5) is 4.39 Å². The van der Waals surface area contributed by atoms with Crippen molar-refractivity contribution in [1.82, 2.24) is 25.1 Å². The molecule has 6 aromatic rings. The van der Waals surface area contributed by atoms with Crippen LogP contribution in [-0.4, -0.2) is 25.1 Å². The second-order valence-corrected chi connectivity index (χ2v) is 8.44. The fourth-order valence-corrected chi connectivity index (χ4v) is 4.70. The van der Waals surface area contributed by atoms with Gasteiger partial charge in [0.1, 0.15) is 11.2 Å². The van der Waals surface area contributed by atoms with Crippen LogP contribution in [-0.2, 0) is 0 Å². The predicted molar refractivity (Wildman–Crippen MR) is 122 cm³/mol. The number of fused-ring (bicyclic) bond motifs is 2. The molecule has 0 unspecified atom stereocenters. The summed E-state index contributed by atoms with van der Waals surface area (Å²) in [6.07, 6.45) is 3.61. The van der Waals surface area contributed by atoms with E-state index in [4.69, 9.17) is 4.98 Å². The van der Waals surface area contributed by atoms with E-state index < -0.39 is 0 Å². The number of nitrogens with one attached hydrogen (secondary N) is 2. The van der Waals surface area contributed by atoms with Gasteiger partial charge in [0.15, 0.2) is 5.13 Å². The van der Waals surface area contributed by atoms with Crippen molar-refractivity contribution >= 4 is 33.3 Å². The maximum Gasteiger partial charge on any atom is 0.176 e. The standard InChI is InChI=1S/C24H16FN5S/c1-13-9-10-26-12-16(13)18-5-6-19-23(28-18)24(30-29-19)20-11-15-14(3-2-4-17(15)27-20)21-7-8-22(25)31-21/h2-12,27H,1H3,(H,29,30). The molecule has 5 heterocycles. The largest absolute Gasteiger partial charge is 0.353 e. The monoisotopic (exact) mass is 425 g/mol. The Morgan fingerprint density at radius 3 is 2.74 bits per heavy atom. The molecule has 0 aliphatic rings. The molecule has 0 amide bonds. The molecule has 31 heavy (non-hydrogen) atoms. The number of hydrogen-bond acceptors (Lipinski definition) is 4. The third-order valence-electron chi connectivity index (χ3n) is 5.48. The fourth-order valence-electron chi connectivity index (χ4n) is 3.93. The third kappa shape index (κ3) is 2.93. The Morgan fingerprint density at radius 2 is 1.90 bits per heavy atom. The first-order valence-electron chi connectivity index (χ1n) is 9.81. The van der Waals surface area contributed by atoms with Gasteiger partial charge in [-0.15, -0.1) is 11.3 Å². The normalized spacial score (nSPS) is 11.5. The summed E-state index contributed by atoms with van der Waals surface area (Å²) < 4.78 is 13.6. The lowest BCUT2D eigenvalue weighted by Gasteiger charge is -2.04. The van der Waals surface area contributed by atoms with Gasteiger partial charge in [-0.05, 0) is 55.0 Å². The van der Waals surface area contributed by atoms with Crippen LogP contribution in [0.3, 0.4) is 0 Å². The summed E-state index contributed by atoms with van der Waals surface area (Å²) in [4.78, 5) is 13.5. The molecule has 0 saturated carbocycles. The number of nitrogens with zero attached hydrogens (tertiary/aromatic N) is 3. The summed E-state index contributed by atoms with van der Waals surface area (Å²) in [5.41, 5.74) is 8.18. The van der Waals surface area contributed by atoms with Crippen molar-refractivity contribution in [3.8, 4) is 33.1 Å². The van der Waals surface area contributed by atoms with Gasteiger partial charge >= 0.3 is 0 Å². The molecule has 5 nitrogen and oxygen atoms in total. The van der Waals surface area contributed by atoms with E-state index in [0.717, 1.165) is 71.9 Å². The van der Waals surface area contributed by atoms with Gasteiger partial charge in [-0.25, -0.2) is 4.98 Å². The number of rotatable bonds is 3. The number of benzene rings is 1. The molecule has 0 bridgehead atoms. The van der Waals surface area contributed by atoms with Crippen LogP contribution >= 0.6 is 11.3 Å². The van der Waals surface area contributed by atoms with Crippen LogP contribution in [0.15, 0.2) is 67.0 Å². The molecule has 2 N–H and O–H groups in total. The summed E-state index contributed by atoms with van der Waals surface area (Å²) in [7, 11) is 0. The van der Waals surface area contributed by atoms with Crippen LogP contribution < -0.4 is 0 Å². The second kappa shape index (κ2) is 6.85. The van der Waals surface area contributed by atoms with Gasteiger partial charge in [0.25, 0.3) is 0 Å². The Kier molecular flexibility index (Phi) is 3.97. The Hall–Kier alpha value is -3.84. The molecule has 0 spiro atoms. The average Bonchev–Trinajstić information content (AvgIpc) is 3.50. The molecule has 6 rings (SSSR count). The molecule has 7 heteroatoms. The fraction of sp³-hybridized carbons (Fsp3) is 0.0417. The summed E-state index contributed by atoms with van der Waals surface area (Å²) >= 11 is 1.15. The van der Waals surface area contributed by atoms with Crippen molar-refractivity contribution in [2.24, 2.45) is 0 Å². The lowest BCUT2D eigenvalue weighted by atomic mass is 10.1. The first-order chi connectivity index (χ1) is 15.2. The van der Waals surface area contributed by atoms with Crippen LogP contribution in [0.5, 0.6) is 0 Å². The van der Waals surface area contributed by atoms with Gasteiger partial charge in [0.2, 0.25) is 0 Å². The Balaban J connectivity index is 1.52. The smallest absolute Gasteiger partial charge is 0.176 e. The molecule has 0 atom stereocenters. The molecule has 0 aliphatic heterocycles. The van der Waals surface area contributed by atoms with Crippen molar-refractivity contribution in [2.75, 3.05) is 0 Å². The number of pyridine rings is 2. The van der Waals surface area contributed by atoms with Gasteiger partial charge in [-0.2, -0.15) is 9.49 Å². The topological polar surface area (TPSA) is 70.2 Å². The van der Waals surface area contributed by atoms with Crippen LogP contribution in [0.2, 0.25) is 0 Å². The minimum Gasteiger partial charge on any atom is -0.353 e. The minimum absolute atomic E-state index is 0.191. The zero-order valence-electron chi connectivity index (χ0n) is 16.5. The molecule has 0 fully saturated rings. The molecule has 150 valence electrons. The second-order valence-electron chi connectivity index (χ2n) is 7.41. The van der Waals surface area contributed by atoms with Crippen molar-refractivity contribution < 1.29 is 4.39 Å². The van der Waals surface area contributed by atoms with Crippen LogP contribution in [0.25, 0.3) is 55.0 Å². The van der Waals surface area contributed by atoms with E-state index in [2.05, 4.69) is 26.2 Å². The summed E-state index contributed by atoms with van der Waals surface area (Å²) in [5, 5.41) is 8.44. The first kappa shape index (κ1) is 18.0. The Labute approximate surface area is 180 Å². The highest BCUT2D eigenvalue weighted by atomic mass is 32.1. The van der Waals surface area contributed by atoms with Gasteiger partial charge in [0.05, 0.1) is 16.9 Å². The molecule has 1 aromatic carbocycles. The number of aromatic nitrogens is 5. The summed E-state index contributed by atoms with van der Waals surface area (Å²) in [5.74, 6) is 0. The number of aromatic amines is 2. The highest BCUT2D eigenvalue weighted by Crippen LogP contribution is 2.36. The first-order valence-corrected chi connectivity index (χ1v) is 10.6. The van der Waals surface area contributed by atoms with Crippen molar-refractivity contribution in [3.63, 3.8) is 0 Å². The van der Waals surface area contributed by atoms with E-state index in [-0.39, 0.29) is 5.13 Å². The maximum atomic E-state index is 13.6. The minimum atomic E-state index is -0.191. The molecule has 0 saturated heterocycles. The average molecular weight is 425 g/mol. The van der Waals surface area contributed by atoms with Gasteiger partial charge < -0.3 is 4.98 Å². The maximum absolute atomic E-state index is 13.6. The number of thiophene rings is 1. The number of H-pyrrole nitrogens is 2. The summed E-state index contributed by atoms with van der Waals surface area (Å²) in [6.45, 7) is 2.05.